The summed E-state index contributed by atoms with van der Waals surface area (Å²) in [7, 11) is 0. The third-order valence-corrected chi connectivity index (χ3v) is 3.87. The minimum absolute atomic E-state index is 0.0848. The van der Waals surface area contributed by atoms with Crippen molar-refractivity contribution in [2.45, 2.75) is 18.4 Å². The fourth-order valence-electron chi connectivity index (χ4n) is 2.75. The van der Waals surface area contributed by atoms with Crippen LogP contribution >= 0.6 is 0 Å². The highest BCUT2D eigenvalue weighted by atomic mass is 16.2. The summed E-state index contributed by atoms with van der Waals surface area (Å²) in [5, 5.41) is 5.98. The van der Waals surface area contributed by atoms with Crippen LogP contribution in [0, 0.1) is 0 Å². The zero-order valence-corrected chi connectivity index (χ0v) is 10.7. The van der Waals surface area contributed by atoms with Gasteiger partial charge in [0.1, 0.15) is 5.54 Å². The number of nitrogens with one attached hydrogen (secondary N) is 2. The van der Waals surface area contributed by atoms with Crippen LogP contribution in [-0.4, -0.2) is 42.0 Å². The highest BCUT2D eigenvalue weighted by Crippen LogP contribution is 2.24. The third kappa shape index (κ3) is 2.10. The first-order valence-electron chi connectivity index (χ1n) is 6.60. The molecule has 0 aliphatic carbocycles. The largest absolute Gasteiger partial charge is 0.325 e. The molecule has 2 fully saturated rings. The number of carbonyl (C=O) groups is 2. The highest BCUT2D eigenvalue weighted by Gasteiger charge is 2.52. The average molecular weight is 259 g/mol. The minimum atomic E-state index is -0.687. The second kappa shape index (κ2) is 4.66. The maximum Gasteiger partial charge on any atom is 0.325 e. The lowest BCUT2D eigenvalue weighted by Crippen LogP contribution is -2.48. The van der Waals surface area contributed by atoms with Crippen molar-refractivity contribution >= 4 is 11.9 Å². The van der Waals surface area contributed by atoms with Crippen molar-refractivity contribution in [3.05, 3.63) is 35.9 Å². The van der Waals surface area contributed by atoms with Gasteiger partial charge in [-0.2, -0.15) is 0 Å². The smallest absolute Gasteiger partial charge is 0.322 e. The van der Waals surface area contributed by atoms with E-state index in [0.29, 0.717) is 25.9 Å². The summed E-state index contributed by atoms with van der Waals surface area (Å²) in [6, 6.07) is 9.63. The second-order valence-corrected chi connectivity index (χ2v) is 5.13. The van der Waals surface area contributed by atoms with E-state index in [0.717, 1.165) is 12.1 Å². The van der Waals surface area contributed by atoms with E-state index in [1.165, 1.54) is 4.90 Å². The lowest BCUT2D eigenvalue weighted by molar-refractivity contribution is -0.130. The zero-order chi connectivity index (χ0) is 13.3. The maximum atomic E-state index is 12.4. The summed E-state index contributed by atoms with van der Waals surface area (Å²) in [5.74, 6) is -0.0848. The van der Waals surface area contributed by atoms with Crippen molar-refractivity contribution in [3.63, 3.8) is 0 Å². The fraction of sp³-hybridized carbons (Fsp3) is 0.429. The molecule has 2 aliphatic rings. The molecule has 0 aromatic heterocycles. The van der Waals surface area contributed by atoms with Gasteiger partial charge < -0.3 is 10.6 Å². The molecule has 3 amide bonds. The Morgan fingerprint density at radius 3 is 2.68 bits per heavy atom. The maximum absolute atomic E-state index is 12.4. The van der Waals surface area contributed by atoms with Crippen molar-refractivity contribution in [3.8, 4) is 0 Å². The topological polar surface area (TPSA) is 61.4 Å². The molecule has 3 rings (SSSR count). The predicted molar refractivity (Wildman–Crippen MR) is 70.6 cm³/mol. The number of nitrogens with zero attached hydrogens (tertiary/aromatic N) is 1. The van der Waals surface area contributed by atoms with Crippen LogP contribution in [0.5, 0.6) is 0 Å². The number of hydrogen-bond acceptors (Lipinski definition) is 3. The Kier molecular flexibility index (Phi) is 2.98. The van der Waals surface area contributed by atoms with Gasteiger partial charge in [-0.15, -0.1) is 0 Å². The molecule has 0 radical (unpaired) electrons. The Morgan fingerprint density at radius 1 is 1.21 bits per heavy atom. The van der Waals surface area contributed by atoms with E-state index in [4.69, 9.17) is 0 Å². The van der Waals surface area contributed by atoms with Gasteiger partial charge in [-0.05, 0) is 24.9 Å². The molecule has 19 heavy (non-hydrogen) atoms. The Morgan fingerprint density at radius 2 is 2.00 bits per heavy atom. The number of imide groups is 1. The normalized spacial score (nSPS) is 26.2. The van der Waals surface area contributed by atoms with Crippen LogP contribution in [0.25, 0.3) is 0 Å². The molecule has 1 aromatic carbocycles. The number of carbonyl (C=O) groups excluding carboxylic acids is 2. The summed E-state index contributed by atoms with van der Waals surface area (Å²) in [5.41, 5.74) is 0.446. The van der Waals surface area contributed by atoms with E-state index in [2.05, 4.69) is 10.6 Å². The van der Waals surface area contributed by atoms with Gasteiger partial charge in [-0.25, -0.2) is 4.79 Å². The first-order chi connectivity index (χ1) is 9.21. The molecule has 0 bridgehead atoms. The standard InChI is InChI=1S/C14H17N3O2/c18-12-14(7-8-15-10-14)16-13(19)17(12)9-6-11-4-2-1-3-5-11/h1-5,15H,6-10H2,(H,16,19). The van der Waals surface area contributed by atoms with Gasteiger partial charge in [-0.3, -0.25) is 9.69 Å². The number of benzene rings is 1. The Balaban J connectivity index is 1.68. The monoisotopic (exact) mass is 259 g/mol. The van der Waals surface area contributed by atoms with Crippen LogP contribution in [0.4, 0.5) is 4.79 Å². The first-order valence-corrected chi connectivity index (χ1v) is 6.60. The molecule has 1 atom stereocenters. The number of urea groups is 1. The van der Waals surface area contributed by atoms with Crippen LogP contribution in [0.2, 0.25) is 0 Å². The molecule has 2 aliphatic heterocycles. The molecular formula is C14H17N3O2. The lowest BCUT2D eigenvalue weighted by Gasteiger charge is -2.19. The summed E-state index contributed by atoms with van der Waals surface area (Å²) in [6.07, 6.45) is 1.38. The van der Waals surface area contributed by atoms with E-state index in [1.807, 2.05) is 30.3 Å². The van der Waals surface area contributed by atoms with Crippen molar-refractivity contribution in [1.29, 1.82) is 0 Å². The highest BCUT2D eigenvalue weighted by molar-refractivity contribution is 6.07. The van der Waals surface area contributed by atoms with Crippen LogP contribution in [0.1, 0.15) is 12.0 Å². The second-order valence-electron chi connectivity index (χ2n) is 5.13. The Hall–Kier alpha value is -1.88. The average Bonchev–Trinajstić information content (AvgIpc) is 2.97. The quantitative estimate of drug-likeness (QED) is 0.778. The van der Waals surface area contributed by atoms with E-state index in [1.54, 1.807) is 0 Å². The van der Waals surface area contributed by atoms with Crippen LogP contribution in [0.3, 0.4) is 0 Å². The van der Waals surface area contributed by atoms with E-state index in [-0.39, 0.29) is 11.9 Å². The van der Waals surface area contributed by atoms with Crippen LogP contribution in [0.15, 0.2) is 30.3 Å². The number of hydrogen-bond donors (Lipinski definition) is 2. The molecule has 1 spiro atoms. The molecule has 2 heterocycles. The molecule has 2 N–H and O–H groups in total. The number of rotatable bonds is 3. The molecular weight excluding hydrogens is 242 g/mol. The molecule has 5 heteroatoms. The zero-order valence-electron chi connectivity index (χ0n) is 10.7. The molecule has 100 valence electrons. The molecule has 2 saturated heterocycles. The van der Waals surface area contributed by atoms with Crippen molar-refractivity contribution < 1.29 is 9.59 Å². The lowest BCUT2D eigenvalue weighted by atomic mass is 9.99. The molecule has 5 nitrogen and oxygen atoms in total. The van der Waals surface area contributed by atoms with Gasteiger partial charge in [0.2, 0.25) is 0 Å². The Labute approximate surface area is 112 Å². The van der Waals surface area contributed by atoms with E-state index in [9.17, 15) is 9.59 Å². The van der Waals surface area contributed by atoms with E-state index >= 15 is 0 Å². The Bertz CT molecular complexity index is 495. The summed E-state index contributed by atoms with van der Waals surface area (Å²) >= 11 is 0. The minimum Gasteiger partial charge on any atom is -0.322 e. The SMILES string of the molecule is O=C1NC2(CCNC2)C(=O)N1CCc1ccccc1. The van der Waals surface area contributed by atoms with Crippen LogP contribution < -0.4 is 10.6 Å². The molecule has 1 unspecified atom stereocenters. The van der Waals surface area contributed by atoms with Crippen molar-refractivity contribution in [2.75, 3.05) is 19.6 Å². The molecule has 0 saturated carbocycles. The van der Waals surface area contributed by atoms with Gasteiger partial charge in [0.15, 0.2) is 0 Å². The van der Waals surface area contributed by atoms with Gasteiger partial charge in [0.05, 0.1) is 0 Å². The number of amides is 3. The fourth-order valence-corrected chi connectivity index (χ4v) is 2.75. The third-order valence-electron chi connectivity index (χ3n) is 3.87. The van der Waals surface area contributed by atoms with E-state index < -0.39 is 5.54 Å². The summed E-state index contributed by atoms with van der Waals surface area (Å²) in [4.78, 5) is 25.6. The van der Waals surface area contributed by atoms with Crippen LogP contribution in [-0.2, 0) is 11.2 Å². The van der Waals surface area contributed by atoms with Crippen molar-refractivity contribution in [2.24, 2.45) is 0 Å². The first kappa shape index (κ1) is 12.2. The van der Waals surface area contributed by atoms with Gasteiger partial charge in [0.25, 0.3) is 5.91 Å². The van der Waals surface area contributed by atoms with Gasteiger partial charge >= 0.3 is 6.03 Å². The van der Waals surface area contributed by atoms with Gasteiger partial charge in [0, 0.05) is 13.1 Å². The van der Waals surface area contributed by atoms with Gasteiger partial charge in [-0.1, -0.05) is 30.3 Å². The summed E-state index contributed by atoms with van der Waals surface area (Å²) in [6.45, 7) is 1.76. The van der Waals surface area contributed by atoms with Crippen molar-refractivity contribution in [1.82, 2.24) is 15.5 Å². The summed E-state index contributed by atoms with van der Waals surface area (Å²) < 4.78 is 0. The molecule has 1 aromatic rings. The predicted octanol–water partition coefficient (Wildman–Crippen LogP) is 0.513.